The third kappa shape index (κ3) is 6.12. The molecule has 0 aromatic heterocycles. The molecular formula is C14H18BrFN2O3. The van der Waals surface area contributed by atoms with Crippen molar-refractivity contribution in [1.82, 2.24) is 5.32 Å². The van der Waals surface area contributed by atoms with Gasteiger partial charge in [0.1, 0.15) is 5.82 Å². The maximum atomic E-state index is 13.4. The van der Waals surface area contributed by atoms with Crippen LogP contribution in [-0.4, -0.2) is 23.7 Å². The molecule has 21 heavy (non-hydrogen) atoms. The molecule has 0 radical (unpaired) electrons. The normalized spacial score (nSPS) is 11.8. The number of anilines is 1. The molecule has 1 unspecified atom stereocenters. The van der Waals surface area contributed by atoms with Gasteiger partial charge in [0, 0.05) is 18.7 Å². The summed E-state index contributed by atoms with van der Waals surface area (Å²) in [7, 11) is 0. The predicted octanol–water partition coefficient (Wildman–Crippen LogP) is 3.52. The summed E-state index contributed by atoms with van der Waals surface area (Å²) in [6.45, 7) is 3.97. The lowest BCUT2D eigenvalue weighted by atomic mass is 10.1. The molecule has 1 rings (SSSR count). The highest BCUT2D eigenvalue weighted by molar-refractivity contribution is 9.10. The molecule has 2 amide bonds. The van der Waals surface area contributed by atoms with Crippen molar-refractivity contribution in [3.05, 3.63) is 28.0 Å². The zero-order valence-corrected chi connectivity index (χ0v) is 13.5. The maximum Gasteiger partial charge on any atom is 0.319 e. The van der Waals surface area contributed by atoms with Crippen molar-refractivity contribution >= 4 is 33.6 Å². The lowest BCUT2D eigenvalue weighted by Gasteiger charge is -2.13. The molecule has 0 saturated heterocycles. The smallest absolute Gasteiger partial charge is 0.319 e. The zero-order valence-electron chi connectivity index (χ0n) is 11.9. The first-order valence-corrected chi connectivity index (χ1v) is 7.31. The molecule has 0 aliphatic carbocycles. The van der Waals surface area contributed by atoms with Gasteiger partial charge < -0.3 is 15.7 Å². The molecule has 116 valence electrons. The van der Waals surface area contributed by atoms with E-state index in [2.05, 4.69) is 26.6 Å². The van der Waals surface area contributed by atoms with Crippen molar-refractivity contribution < 1.29 is 19.1 Å². The summed E-state index contributed by atoms with van der Waals surface area (Å²) < 4.78 is 13.8. The van der Waals surface area contributed by atoms with E-state index in [1.54, 1.807) is 13.0 Å². The van der Waals surface area contributed by atoms with E-state index in [9.17, 15) is 14.0 Å². The van der Waals surface area contributed by atoms with Crippen LogP contribution in [0.25, 0.3) is 0 Å². The van der Waals surface area contributed by atoms with Gasteiger partial charge in [-0.3, -0.25) is 4.79 Å². The monoisotopic (exact) mass is 360 g/mol. The second kappa shape index (κ2) is 7.97. The highest BCUT2D eigenvalue weighted by Crippen LogP contribution is 2.23. The molecule has 0 bridgehead atoms. The van der Waals surface area contributed by atoms with Crippen LogP contribution in [0.3, 0.4) is 0 Å². The number of carboxylic acid groups (broad SMARTS) is 1. The van der Waals surface area contributed by atoms with Crippen LogP contribution in [0.15, 0.2) is 16.6 Å². The van der Waals surface area contributed by atoms with Crippen LogP contribution in [0, 0.1) is 18.7 Å². The predicted molar refractivity (Wildman–Crippen MR) is 81.9 cm³/mol. The Hall–Kier alpha value is -1.63. The van der Waals surface area contributed by atoms with E-state index in [4.69, 9.17) is 5.11 Å². The Labute approximate surface area is 131 Å². The number of nitrogens with one attached hydrogen (secondary N) is 2. The van der Waals surface area contributed by atoms with Crippen molar-refractivity contribution in [1.29, 1.82) is 0 Å². The van der Waals surface area contributed by atoms with Crippen molar-refractivity contribution in [3.8, 4) is 0 Å². The highest BCUT2D eigenvalue weighted by Gasteiger charge is 2.10. The van der Waals surface area contributed by atoms with Gasteiger partial charge in [-0.15, -0.1) is 0 Å². The molecule has 1 aromatic rings. The summed E-state index contributed by atoms with van der Waals surface area (Å²) in [5.41, 5.74) is 1.13. The van der Waals surface area contributed by atoms with E-state index < -0.39 is 17.8 Å². The number of halogens is 2. The Bertz CT molecular complexity index is 537. The average Bonchev–Trinajstić information content (AvgIpc) is 2.40. The molecule has 0 saturated carbocycles. The van der Waals surface area contributed by atoms with Crippen molar-refractivity contribution in [3.63, 3.8) is 0 Å². The summed E-state index contributed by atoms with van der Waals surface area (Å²) >= 11 is 3.07. The number of aliphatic carboxylic acids is 1. The van der Waals surface area contributed by atoms with Crippen molar-refractivity contribution in [2.45, 2.75) is 26.7 Å². The second-order valence-electron chi connectivity index (χ2n) is 4.95. The van der Waals surface area contributed by atoms with Crippen molar-refractivity contribution in [2.75, 3.05) is 11.9 Å². The fourth-order valence-corrected chi connectivity index (χ4v) is 2.14. The van der Waals surface area contributed by atoms with E-state index >= 15 is 0 Å². The van der Waals surface area contributed by atoms with Crippen LogP contribution in [0.5, 0.6) is 0 Å². The Kier molecular flexibility index (Phi) is 6.61. The Morgan fingerprint density at radius 1 is 1.43 bits per heavy atom. The number of urea groups is 1. The topological polar surface area (TPSA) is 78.4 Å². The van der Waals surface area contributed by atoms with Crippen LogP contribution in [0.1, 0.15) is 25.3 Å². The summed E-state index contributed by atoms with van der Waals surface area (Å²) in [6, 6.07) is 2.38. The first kappa shape index (κ1) is 17.4. The Morgan fingerprint density at radius 2 is 2.10 bits per heavy atom. The molecular weight excluding hydrogens is 343 g/mol. The van der Waals surface area contributed by atoms with Crippen LogP contribution in [0.4, 0.5) is 14.9 Å². The van der Waals surface area contributed by atoms with Crippen LogP contribution in [0.2, 0.25) is 0 Å². The highest BCUT2D eigenvalue weighted by atomic mass is 79.9. The zero-order chi connectivity index (χ0) is 16.0. The van der Waals surface area contributed by atoms with Gasteiger partial charge >= 0.3 is 12.0 Å². The third-order valence-corrected chi connectivity index (χ3v) is 3.59. The molecule has 5 nitrogen and oxygen atoms in total. The van der Waals surface area contributed by atoms with Crippen LogP contribution < -0.4 is 10.6 Å². The molecule has 0 aliphatic heterocycles. The van der Waals surface area contributed by atoms with Crippen LogP contribution >= 0.6 is 15.9 Å². The minimum atomic E-state index is -0.854. The fraction of sp³-hybridized carbons (Fsp3) is 0.429. The SMILES string of the molecule is Cc1cc(Br)c(F)cc1NC(=O)NCC(C)CCC(=O)O. The van der Waals surface area contributed by atoms with Gasteiger partial charge in [0.25, 0.3) is 0 Å². The number of carbonyl (C=O) groups excluding carboxylic acids is 1. The summed E-state index contributed by atoms with van der Waals surface area (Å²) in [5.74, 6) is -1.26. The number of hydrogen-bond donors (Lipinski definition) is 3. The molecule has 3 N–H and O–H groups in total. The molecule has 0 spiro atoms. The number of benzene rings is 1. The number of rotatable bonds is 6. The van der Waals surface area contributed by atoms with Crippen LogP contribution in [-0.2, 0) is 4.79 Å². The van der Waals surface area contributed by atoms with Gasteiger partial charge in [-0.25, -0.2) is 9.18 Å². The van der Waals surface area contributed by atoms with E-state index in [0.717, 1.165) is 5.56 Å². The first-order valence-electron chi connectivity index (χ1n) is 6.52. The molecule has 1 aromatic carbocycles. The largest absolute Gasteiger partial charge is 0.481 e. The van der Waals surface area contributed by atoms with Gasteiger partial charge in [-0.2, -0.15) is 0 Å². The Morgan fingerprint density at radius 3 is 2.71 bits per heavy atom. The van der Waals surface area contributed by atoms with E-state index in [-0.39, 0.29) is 12.3 Å². The molecule has 0 heterocycles. The van der Waals surface area contributed by atoms with E-state index in [1.165, 1.54) is 6.07 Å². The first-order chi connectivity index (χ1) is 9.79. The quantitative estimate of drug-likeness (QED) is 0.726. The lowest BCUT2D eigenvalue weighted by molar-refractivity contribution is -0.137. The van der Waals surface area contributed by atoms with Gasteiger partial charge in [0.2, 0.25) is 0 Å². The Balaban J connectivity index is 2.47. The van der Waals surface area contributed by atoms with E-state index in [0.29, 0.717) is 23.1 Å². The second-order valence-corrected chi connectivity index (χ2v) is 5.81. The summed E-state index contributed by atoms with van der Waals surface area (Å²) in [6.07, 6.45) is 0.559. The number of aryl methyl sites for hydroxylation is 1. The molecule has 0 aliphatic rings. The van der Waals surface area contributed by atoms with Gasteiger partial charge in [0.15, 0.2) is 0 Å². The number of amides is 2. The summed E-state index contributed by atoms with van der Waals surface area (Å²) in [4.78, 5) is 22.2. The van der Waals surface area contributed by atoms with Crippen molar-refractivity contribution in [2.24, 2.45) is 5.92 Å². The lowest BCUT2D eigenvalue weighted by Crippen LogP contribution is -2.32. The minimum Gasteiger partial charge on any atom is -0.481 e. The maximum absolute atomic E-state index is 13.4. The molecule has 1 atom stereocenters. The van der Waals surface area contributed by atoms with Gasteiger partial charge in [-0.1, -0.05) is 6.92 Å². The van der Waals surface area contributed by atoms with Gasteiger partial charge in [0.05, 0.1) is 4.47 Å². The molecule has 0 fully saturated rings. The summed E-state index contributed by atoms with van der Waals surface area (Å²) in [5, 5.41) is 13.8. The number of carboxylic acids is 1. The van der Waals surface area contributed by atoms with E-state index in [1.807, 2.05) is 6.92 Å². The molecule has 7 heteroatoms. The standard InChI is InChI=1S/C14H18BrFN2O3/c1-8(3-4-13(19)20)7-17-14(21)18-12-6-11(16)10(15)5-9(12)2/h5-6,8H,3-4,7H2,1-2H3,(H,19,20)(H2,17,18,21). The average molecular weight is 361 g/mol. The number of carbonyl (C=O) groups is 2. The number of hydrogen-bond acceptors (Lipinski definition) is 2. The minimum absolute atomic E-state index is 0.0506. The van der Waals surface area contributed by atoms with Gasteiger partial charge in [-0.05, 0) is 52.9 Å². The third-order valence-electron chi connectivity index (χ3n) is 2.98. The fourth-order valence-electron chi connectivity index (χ4n) is 1.69.